The number of nitrogens with zero attached hydrogens (tertiary/aromatic N) is 3. The highest BCUT2D eigenvalue weighted by Gasteiger charge is 2.26. The highest BCUT2D eigenvalue weighted by atomic mass is 16.2. The van der Waals surface area contributed by atoms with Gasteiger partial charge < -0.3 is 15.0 Å². The summed E-state index contributed by atoms with van der Waals surface area (Å²) in [6.07, 6.45) is 6.54. The summed E-state index contributed by atoms with van der Waals surface area (Å²) in [4.78, 5) is 29.4. The summed E-state index contributed by atoms with van der Waals surface area (Å²) < 4.78 is 1.86. The summed E-state index contributed by atoms with van der Waals surface area (Å²) in [5.74, 6) is -0.370. The fourth-order valence-corrected chi connectivity index (χ4v) is 2.60. The minimum Gasteiger partial charge on any atom is -0.369 e. The number of hydrogen-bond donors (Lipinski definition) is 1. The molecule has 6 heteroatoms. The molecule has 0 atom stereocenters. The summed E-state index contributed by atoms with van der Waals surface area (Å²) in [7, 11) is 0. The van der Waals surface area contributed by atoms with Gasteiger partial charge in [0.05, 0.1) is 18.0 Å². The van der Waals surface area contributed by atoms with Crippen LogP contribution < -0.4 is 5.73 Å². The molecule has 0 saturated carbocycles. The van der Waals surface area contributed by atoms with E-state index in [1.54, 1.807) is 23.5 Å². The summed E-state index contributed by atoms with van der Waals surface area (Å²) in [6.45, 7) is 1.16. The summed E-state index contributed by atoms with van der Waals surface area (Å²) in [6, 6.07) is 3.62. The topological polar surface area (TPSA) is 80.7 Å². The zero-order valence-corrected chi connectivity index (χ0v) is 11.0. The molecule has 6 nitrogen and oxygen atoms in total. The SMILES string of the molecule is NC(=O)C1CCN(C(=O)c2ccn3cncc3c2)CC1. The van der Waals surface area contributed by atoms with E-state index in [1.807, 2.05) is 16.7 Å². The highest BCUT2D eigenvalue weighted by Crippen LogP contribution is 2.19. The molecule has 1 aliphatic heterocycles. The average molecular weight is 272 g/mol. The standard InChI is InChI=1S/C14H16N4O2/c15-13(19)10-1-4-17(5-2-10)14(20)11-3-6-18-9-16-8-12(18)7-11/h3,6-10H,1-2,4-5H2,(H2,15,19). The van der Waals surface area contributed by atoms with E-state index in [1.165, 1.54) is 0 Å². The zero-order chi connectivity index (χ0) is 14.1. The molecule has 3 rings (SSSR count). The third-order valence-corrected chi connectivity index (χ3v) is 3.85. The van der Waals surface area contributed by atoms with Crippen molar-refractivity contribution in [2.75, 3.05) is 13.1 Å². The fourth-order valence-electron chi connectivity index (χ4n) is 2.60. The van der Waals surface area contributed by atoms with Gasteiger partial charge in [-0.2, -0.15) is 0 Å². The smallest absolute Gasteiger partial charge is 0.253 e. The number of carbonyl (C=O) groups excluding carboxylic acids is 2. The van der Waals surface area contributed by atoms with Gasteiger partial charge in [0.15, 0.2) is 0 Å². The Morgan fingerprint density at radius 2 is 2.05 bits per heavy atom. The molecule has 2 amide bonds. The first-order valence-electron chi connectivity index (χ1n) is 6.65. The highest BCUT2D eigenvalue weighted by molar-refractivity contribution is 5.95. The first-order chi connectivity index (χ1) is 9.65. The minimum atomic E-state index is -0.266. The van der Waals surface area contributed by atoms with E-state index in [-0.39, 0.29) is 17.7 Å². The van der Waals surface area contributed by atoms with Gasteiger partial charge in [-0.3, -0.25) is 9.59 Å². The Morgan fingerprint density at radius 3 is 2.75 bits per heavy atom. The lowest BCUT2D eigenvalue weighted by atomic mass is 9.96. The number of likely N-dealkylation sites (tertiary alicyclic amines) is 1. The molecule has 20 heavy (non-hydrogen) atoms. The summed E-state index contributed by atoms with van der Waals surface area (Å²) >= 11 is 0. The van der Waals surface area contributed by atoms with Gasteiger partial charge in [-0.1, -0.05) is 0 Å². The maximum absolute atomic E-state index is 12.4. The Labute approximate surface area is 116 Å². The molecule has 2 N–H and O–H groups in total. The van der Waals surface area contributed by atoms with E-state index in [0.29, 0.717) is 31.5 Å². The van der Waals surface area contributed by atoms with E-state index in [0.717, 1.165) is 5.52 Å². The third-order valence-electron chi connectivity index (χ3n) is 3.85. The van der Waals surface area contributed by atoms with Gasteiger partial charge in [0.25, 0.3) is 5.91 Å². The van der Waals surface area contributed by atoms with Crippen molar-refractivity contribution in [2.24, 2.45) is 11.7 Å². The molecule has 0 aliphatic carbocycles. The number of amides is 2. The second-order valence-corrected chi connectivity index (χ2v) is 5.11. The van der Waals surface area contributed by atoms with E-state index in [2.05, 4.69) is 4.98 Å². The second kappa shape index (κ2) is 4.96. The number of piperidine rings is 1. The number of fused-ring (bicyclic) bond motifs is 1. The van der Waals surface area contributed by atoms with Gasteiger partial charge >= 0.3 is 0 Å². The normalized spacial score (nSPS) is 16.5. The second-order valence-electron chi connectivity index (χ2n) is 5.11. The molecule has 2 aromatic rings. The Morgan fingerprint density at radius 1 is 1.30 bits per heavy atom. The van der Waals surface area contributed by atoms with E-state index < -0.39 is 0 Å². The zero-order valence-electron chi connectivity index (χ0n) is 11.0. The van der Waals surface area contributed by atoms with Crippen molar-refractivity contribution in [2.45, 2.75) is 12.8 Å². The largest absolute Gasteiger partial charge is 0.369 e. The molecule has 1 aliphatic rings. The molecule has 0 spiro atoms. The van der Waals surface area contributed by atoms with Crippen LogP contribution in [0, 0.1) is 5.92 Å². The number of hydrogen-bond acceptors (Lipinski definition) is 3. The molecule has 0 bridgehead atoms. The molecular weight excluding hydrogens is 256 g/mol. The molecule has 3 heterocycles. The van der Waals surface area contributed by atoms with Crippen molar-refractivity contribution in [1.29, 1.82) is 0 Å². The van der Waals surface area contributed by atoms with Crippen LogP contribution in [0.2, 0.25) is 0 Å². The number of aromatic nitrogens is 2. The van der Waals surface area contributed by atoms with E-state index >= 15 is 0 Å². The molecule has 0 aromatic carbocycles. The van der Waals surface area contributed by atoms with Crippen LogP contribution in [-0.2, 0) is 4.79 Å². The molecule has 0 unspecified atom stereocenters. The van der Waals surface area contributed by atoms with Crippen molar-refractivity contribution in [3.63, 3.8) is 0 Å². The van der Waals surface area contributed by atoms with Crippen LogP contribution in [0.3, 0.4) is 0 Å². The van der Waals surface area contributed by atoms with Gasteiger partial charge in [-0.05, 0) is 25.0 Å². The predicted octanol–water partition coefficient (Wildman–Crippen LogP) is 0.672. The molecule has 104 valence electrons. The van der Waals surface area contributed by atoms with Crippen LogP contribution in [0.4, 0.5) is 0 Å². The van der Waals surface area contributed by atoms with Gasteiger partial charge in [0.2, 0.25) is 5.91 Å². The molecule has 1 saturated heterocycles. The Hall–Kier alpha value is -2.37. The number of imidazole rings is 1. The van der Waals surface area contributed by atoms with E-state index in [9.17, 15) is 9.59 Å². The van der Waals surface area contributed by atoms with Crippen LogP contribution in [0.1, 0.15) is 23.2 Å². The van der Waals surface area contributed by atoms with Gasteiger partial charge in [0.1, 0.15) is 0 Å². The Kier molecular flexibility index (Phi) is 3.14. The molecule has 1 fully saturated rings. The quantitative estimate of drug-likeness (QED) is 0.872. The average Bonchev–Trinajstić information content (AvgIpc) is 2.94. The maximum Gasteiger partial charge on any atom is 0.253 e. The lowest BCUT2D eigenvalue weighted by Gasteiger charge is -2.30. The number of pyridine rings is 1. The van der Waals surface area contributed by atoms with Crippen LogP contribution in [0.5, 0.6) is 0 Å². The lowest BCUT2D eigenvalue weighted by Crippen LogP contribution is -2.41. The summed E-state index contributed by atoms with van der Waals surface area (Å²) in [5.41, 5.74) is 6.84. The maximum atomic E-state index is 12.4. The van der Waals surface area contributed by atoms with Gasteiger partial charge in [-0.25, -0.2) is 4.98 Å². The first kappa shape index (κ1) is 12.7. The van der Waals surface area contributed by atoms with Crippen LogP contribution in [0.25, 0.3) is 5.52 Å². The number of primary amides is 1. The fraction of sp³-hybridized carbons (Fsp3) is 0.357. The monoisotopic (exact) mass is 272 g/mol. The van der Waals surface area contributed by atoms with Gasteiger partial charge in [0, 0.05) is 30.8 Å². The number of nitrogens with two attached hydrogens (primary N) is 1. The Bertz CT molecular complexity index is 656. The minimum absolute atomic E-state index is 0.00313. The number of carbonyl (C=O) groups is 2. The van der Waals surface area contributed by atoms with Crippen molar-refractivity contribution in [3.05, 3.63) is 36.4 Å². The van der Waals surface area contributed by atoms with Gasteiger partial charge in [-0.15, -0.1) is 0 Å². The molecular formula is C14H16N4O2. The predicted molar refractivity (Wildman–Crippen MR) is 73.0 cm³/mol. The third kappa shape index (κ3) is 2.24. The van der Waals surface area contributed by atoms with Crippen molar-refractivity contribution >= 4 is 17.3 Å². The van der Waals surface area contributed by atoms with Crippen molar-refractivity contribution < 1.29 is 9.59 Å². The van der Waals surface area contributed by atoms with Crippen LogP contribution in [0.15, 0.2) is 30.9 Å². The van der Waals surface area contributed by atoms with Crippen molar-refractivity contribution in [3.8, 4) is 0 Å². The van der Waals surface area contributed by atoms with Crippen molar-refractivity contribution in [1.82, 2.24) is 14.3 Å². The first-order valence-corrected chi connectivity index (χ1v) is 6.65. The van der Waals surface area contributed by atoms with E-state index in [4.69, 9.17) is 5.73 Å². The lowest BCUT2D eigenvalue weighted by molar-refractivity contribution is -0.123. The molecule has 2 aromatic heterocycles. The number of rotatable bonds is 2. The van der Waals surface area contributed by atoms with Crippen LogP contribution >= 0.6 is 0 Å². The Balaban J connectivity index is 1.74. The summed E-state index contributed by atoms with van der Waals surface area (Å²) in [5, 5.41) is 0. The molecule has 0 radical (unpaired) electrons. The van der Waals surface area contributed by atoms with Crippen LogP contribution in [-0.4, -0.2) is 39.2 Å².